The number of hydrogen-bond donors (Lipinski definition) is 0. The summed E-state index contributed by atoms with van der Waals surface area (Å²) in [6.45, 7) is 11.6. The Morgan fingerprint density at radius 3 is 1.66 bits per heavy atom. The van der Waals surface area contributed by atoms with Crippen LogP contribution in [0.1, 0.15) is 103 Å². The summed E-state index contributed by atoms with van der Waals surface area (Å²) in [5, 5.41) is 12.6. The van der Waals surface area contributed by atoms with Gasteiger partial charge < -0.3 is 14.5 Å². The fourth-order valence-corrected chi connectivity index (χ4v) is 7.74. The highest BCUT2D eigenvalue weighted by atomic mass is 16.6. The Hall–Kier alpha value is -3.16. The number of nitro groups is 1. The molecular formula is C33H43N3O5. The summed E-state index contributed by atoms with van der Waals surface area (Å²) in [7, 11) is 0. The third kappa shape index (κ3) is 5.19. The molecule has 3 heterocycles. The maximum absolute atomic E-state index is 13.9. The summed E-state index contributed by atoms with van der Waals surface area (Å²) in [5.74, 6) is 0.614. The molecule has 2 saturated heterocycles. The number of carbonyl (C=O) groups excluding carboxylic acids is 2. The van der Waals surface area contributed by atoms with Crippen molar-refractivity contribution in [2.75, 3.05) is 36.0 Å². The number of carbonyl (C=O) groups is 2. The minimum absolute atomic E-state index is 0.0159. The molecule has 2 fully saturated rings. The molecule has 1 aromatic carbocycles. The van der Waals surface area contributed by atoms with E-state index < -0.39 is 5.92 Å². The van der Waals surface area contributed by atoms with Gasteiger partial charge in [-0.15, -0.1) is 0 Å². The van der Waals surface area contributed by atoms with Gasteiger partial charge in [-0.25, -0.2) is 0 Å². The average Bonchev–Trinajstić information content (AvgIpc) is 2.90. The van der Waals surface area contributed by atoms with Gasteiger partial charge in [0.25, 0.3) is 5.69 Å². The predicted octanol–water partition coefficient (Wildman–Crippen LogP) is 6.98. The molecule has 5 aliphatic rings. The first-order valence-corrected chi connectivity index (χ1v) is 15.5. The van der Waals surface area contributed by atoms with Crippen LogP contribution in [0.25, 0.3) is 0 Å². The first-order chi connectivity index (χ1) is 19.4. The lowest BCUT2D eigenvalue weighted by atomic mass is 9.65. The summed E-state index contributed by atoms with van der Waals surface area (Å²) in [4.78, 5) is 44.7. The van der Waals surface area contributed by atoms with Gasteiger partial charge in [-0.1, -0.05) is 27.7 Å². The number of ether oxygens (including phenoxy) is 1. The standard InChI is InChI=1S/C33H43N3O5/c1-32(2)17-25(37)30-27(19-32)41-28-20-33(3,4)18-26(38)31(28)29(30)21-15-24(36(39)40)23(35-13-9-6-10-14-35)16-22(21)34-11-7-5-8-12-34/h15-16,29H,5-14,17-20H2,1-4H3. The number of ketones is 2. The van der Waals surface area contributed by atoms with Crippen LogP contribution in [0.4, 0.5) is 17.1 Å². The smallest absolute Gasteiger partial charge is 0.292 e. The molecule has 0 bridgehead atoms. The SMILES string of the molecule is CC1(C)CC(=O)C2=C(C1)OC1=C(C(=O)CC(C)(C)C1)C2c1cc([N+](=O)[O-])c(N2CCCCC2)cc1N1CCCCC1. The van der Waals surface area contributed by atoms with Crippen LogP contribution in [0.2, 0.25) is 0 Å². The van der Waals surface area contributed by atoms with Crippen LogP contribution in [0.3, 0.4) is 0 Å². The molecular weight excluding hydrogens is 518 g/mol. The van der Waals surface area contributed by atoms with E-state index in [9.17, 15) is 19.7 Å². The van der Waals surface area contributed by atoms with E-state index in [1.54, 1.807) is 6.07 Å². The molecule has 220 valence electrons. The average molecular weight is 562 g/mol. The number of piperidine rings is 2. The van der Waals surface area contributed by atoms with Gasteiger partial charge >= 0.3 is 0 Å². The van der Waals surface area contributed by atoms with Crippen LogP contribution in [-0.4, -0.2) is 42.7 Å². The topological polar surface area (TPSA) is 93.0 Å². The third-order valence-corrected chi connectivity index (χ3v) is 9.61. The molecule has 0 saturated carbocycles. The third-order valence-electron chi connectivity index (χ3n) is 9.61. The molecule has 8 nitrogen and oxygen atoms in total. The molecule has 0 aromatic heterocycles. The first kappa shape index (κ1) is 28.0. The number of benzene rings is 1. The van der Waals surface area contributed by atoms with E-state index in [1.165, 1.54) is 0 Å². The molecule has 41 heavy (non-hydrogen) atoms. The van der Waals surface area contributed by atoms with E-state index in [-0.39, 0.29) is 33.0 Å². The van der Waals surface area contributed by atoms with Crippen molar-refractivity contribution in [1.29, 1.82) is 0 Å². The number of allylic oxidation sites excluding steroid dienone is 4. The van der Waals surface area contributed by atoms with Crippen molar-refractivity contribution in [3.05, 3.63) is 50.5 Å². The Morgan fingerprint density at radius 1 is 0.732 bits per heavy atom. The van der Waals surface area contributed by atoms with E-state index in [1.807, 2.05) is 6.07 Å². The number of hydrogen-bond acceptors (Lipinski definition) is 7. The summed E-state index contributed by atoms with van der Waals surface area (Å²) < 4.78 is 6.50. The molecule has 8 heteroatoms. The Balaban J connectivity index is 1.61. The van der Waals surface area contributed by atoms with Gasteiger partial charge in [0.05, 0.1) is 10.8 Å². The van der Waals surface area contributed by atoms with Crippen molar-refractivity contribution in [1.82, 2.24) is 0 Å². The van der Waals surface area contributed by atoms with Crippen LogP contribution in [-0.2, 0) is 14.3 Å². The molecule has 0 amide bonds. The number of Topliss-reactive ketones (excluding diaryl/α,β-unsaturated/α-hetero) is 2. The van der Waals surface area contributed by atoms with Crippen LogP contribution in [0, 0.1) is 20.9 Å². The second-order valence-electron chi connectivity index (χ2n) is 14.3. The van der Waals surface area contributed by atoms with Crippen molar-refractivity contribution in [2.45, 2.75) is 97.8 Å². The second-order valence-corrected chi connectivity index (χ2v) is 14.3. The highest BCUT2D eigenvalue weighted by molar-refractivity contribution is 6.07. The van der Waals surface area contributed by atoms with E-state index in [2.05, 4.69) is 37.5 Å². The summed E-state index contributed by atoms with van der Waals surface area (Å²) in [6, 6.07) is 3.72. The van der Waals surface area contributed by atoms with Gasteiger partial charge in [-0.3, -0.25) is 19.7 Å². The van der Waals surface area contributed by atoms with Crippen molar-refractivity contribution in [3.63, 3.8) is 0 Å². The Labute approximate surface area is 242 Å². The number of nitro benzene ring substituents is 1. The van der Waals surface area contributed by atoms with Gasteiger partial charge in [0.1, 0.15) is 17.2 Å². The van der Waals surface area contributed by atoms with Gasteiger partial charge in [0.15, 0.2) is 11.6 Å². The Bertz CT molecular complexity index is 1310. The highest BCUT2D eigenvalue weighted by Gasteiger charge is 2.49. The maximum Gasteiger partial charge on any atom is 0.292 e. The summed E-state index contributed by atoms with van der Waals surface area (Å²) in [5.41, 5.74) is 2.91. The largest absolute Gasteiger partial charge is 0.465 e. The molecule has 0 spiro atoms. The fraction of sp³-hybridized carbons (Fsp3) is 0.636. The van der Waals surface area contributed by atoms with E-state index in [0.29, 0.717) is 59.6 Å². The summed E-state index contributed by atoms with van der Waals surface area (Å²) in [6.07, 6.45) is 8.33. The minimum Gasteiger partial charge on any atom is -0.465 e. The molecule has 3 aliphatic heterocycles. The second kappa shape index (κ2) is 10.3. The van der Waals surface area contributed by atoms with E-state index in [4.69, 9.17) is 4.74 Å². The molecule has 0 unspecified atom stereocenters. The lowest BCUT2D eigenvalue weighted by Crippen LogP contribution is -2.39. The Morgan fingerprint density at radius 2 is 1.20 bits per heavy atom. The van der Waals surface area contributed by atoms with E-state index >= 15 is 0 Å². The lowest BCUT2D eigenvalue weighted by molar-refractivity contribution is -0.384. The quantitative estimate of drug-likeness (QED) is 0.289. The fourth-order valence-electron chi connectivity index (χ4n) is 7.74. The van der Waals surface area contributed by atoms with Gasteiger partial charge in [-0.05, 0) is 61.0 Å². The first-order valence-electron chi connectivity index (χ1n) is 15.5. The zero-order valence-corrected chi connectivity index (χ0v) is 25.0. The van der Waals surface area contributed by atoms with Crippen LogP contribution in [0.5, 0.6) is 0 Å². The number of rotatable bonds is 4. The summed E-state index contributed by atoms with van der Waals surface area (Å²) >= 11 is 0. The number of nitrogens with zero attached hydrogens (tertiary/aromatic N) is 3. The monoisotopic (exact) mass is 561 g/mol. The molecule has 0 atom stereocenters. The number of anilines is 2. The molecule has 0 radical (unpaired) electrons. The highest BCUT2D eigenvalue weighted by Crippen LogP contribution is 2.55. The normalized spacial score (nSPS) is 24.7. The van der Waals surface area contributed by atoms with Crippen molar-refractivity contribution in [3.8, 4) is 0 Å². The van der Waals surface area contributed by atoms with Crippen molar-refractivity contribution in [2.24, 2.45) is 10.8 Å². The molecule has 1 aromatic rings. The van der Waals surface area contributed by atoms with Gasteiger partial charge in [-0.2, -0.15) is 0 Å². The minimum atomic E-state index is -0.646. The van der Waals surface area contributed by atoms with Crippen molar-refractivity contribution >= 4 is 28.6 Å². The van der Waals surface area contributed by atoms with E-state index in [0.717, 1.165) is 70.4 Å². The van der Waals surface area contributed by atoms with Crippen molar-refractivity contribution < 1.29 is 19.2 Å². The molecule has 2 aliphatic carbocycles. The van der Waals surface area contributed by atoms with Crippen LogP contribution < -0.4 is 9.80 Å². The zero-order valence-electron chi connectivity index (χ0n) is 25.0. The van der Waals surface area contributed by atoms with Crippen LogP contribution in [0.15, 0.2) is 34.8 Å². The molecule has 0 N–H and O–H groups in total. The molecule has 6 rings (SSSR count). The van der Waals surface area contributed by atoms with Gasteiger partial charge in [0, 0.05) is 74.8 Å². The maximum atomic E-state index is 13.9. The Kier molecular flexibility index (Phi) is 7.02. The zero-order chi connectivity index (χ0) is 29.1. The van der Waals surface area contributed by atoms with Crippen LogP contribution >= 0.6 is 0 Å². The predicted molar refractivity (Wildman–Crippen MR) is 159 cm³/mol. The van der Waals surface area contributed by atoms with Gasteiger partial charge in [0.2, 0.25) is 0 Å². The lowest BCUT2D eigenvalue weighted by Gasteiger charge is -2.43.